The zero-order valence-corrected chi connectivity index (χ0v) is 4.59. The van der Waals surface area contributed by atoms with Crippen LogP contribution in [-0.2, 0) is 0 Å². The minimum atomic E-state index is 0.676. The molecule has 0 aromatic rings. The van der Waals surface area contributed by atoms with Gasteiger partial charge in [0.25, 0.3) is 0 Å². The van der Waals surface area contributed by atoms with Gasteiger partial charge >= 0.3 is 0 Å². The summed E-state index contributed by atoms with van der Waals surface area (Å²) >= 11 is 0.676. The van der Waals surface area contributed by atoms with Crippen molar-refractivity contribution in [2.75, 3.05) is 6.54 Å². The van der Waals surface area contributed by atoms with Crippen LogP contribution >= 0.6 is 12.2 Å². The van der Waals surface area contributed by atoms with Gasteiger partial charge in [-0.25, -0.2) is 4.72 Å². The van der Waals surface area contributed by atoms with Crippen LogP contribution in [0, 0.1) is 0 Å². The summed E-state index contributed by atoms with van der Waals surface area (Å²) in [7, 11) is 0. The highest BCUT2D eigenvalue weighted by atomic mass is 32.2. The maximum atomic E-state index is 8.00. The summed E-state index contributed by atoms with van der Waals surface area (Å²) in [6, 6.07) is 0. The number of hydrogen-bond donors (Lipinski definition) is 2. The smallest absolute Gasteiger partial charge is 0.0759 e. The molecule has 0 aliphatic rings. The van der Waals surface area contributed by atoms with Crippen molar-refractivity contribution in [3.05, 3.63) is 0 Å². The molecule has 6 heavy (non-hydrogen) atoms. The van der Waals surface area contributed by atoms with E-state index in [1.165, 1.54) is 0 Å². The van der Waals surface area contributed by atoms with Gasteiger partial charge in [0, 0.05) is 6.54 Å². The Morgan fingerprint density at radius 3 is 2.67 bits per heavy atom. The Bertz CT molecular complexity index is 22.8. The summed E-state index contributed by atoms with van der Waals surface area (Å²) in [4.78, 5) is 0. The molecule has 0 amide bonds. The first-order valence-electron chi connectivity index (χ1n) is 1.95. The van der Waals surface area contributed by atoms with Crippen molar-refractivity contribution < 1.29 is 4.55 Å². The fourth-order valence-electron chi connectivity index (χ4n) is 0.148. The van der Waals surface area contributed by atoms with Gasteiger partial charge in [0.1, 0.15) is 0 Å². The molecule has 0 aliphatic heterocycles. The Balaban J connectivity index is 2.34. The molecule has 0 bridgehead atoms. The molecule has 0 saturated carbocycles. The van der Waals surface area contributed by atoms with Crippen molar-refractivity contribution in [1.29, 1.82) is 0 Å². The molecule has 0 aromatic carbocycles. The van der Waals surface area contributed by atoms with Crippen LogP contribution in [0.5, 0.6) is 0 Å². The van der Waals surface area contributed by atoms with Crippen LogP contribution in [0.25, 0.3) is 0 Å². The van der Waals surface area contributed by atoms with Crippen molar-refractivity contribution in [2.45, 2.75) is 13.3 Å². The van der Waals surface area contributed by atoms with Gasteiger partial charge in [-0.3, -0.25) is 0 Å². The normalized spacial score (nSPS) is 9.00. The quantitative estimate of drug-likeness (QED) is 0.322. The lowest BCUT2D eigenvalue weighted by molar-refractivity contribution is 0.648. The lowest BCUT2D eigenvalue weighted by Gasteiger charge is -1.89. The molecule has 0 atom stereocenters. The van der Waals surface area contributed by atoms with E-state index in [1.54, 1.807) is 0 Å². The van der Waals surface area contributed by atoms with Crippen LogP contribution < -0.4 is 4.72 Å². The summed E-state index contributed by atoms with van der Waals surface area (Å²) < 4.78 is 10.7. The van der Waals surface area contributed by atoms with Gasteiger partial charge in [-0.2, -0.15) is 0 Å². The van der Waals surface area contributed by atoms with Crippen LogP contribution in [0.3, 0.4) is 0 Å². The number of nitrogens with one attached hydrogen (secondary N) is 1. The summed E-state index contributed by atoms with van der Waals surface area (Å²) in [5.74, 6) is 0. The summed E-state index contributed by atoms with van der Waals surface area (Å²) in [5, 5.41) is 0. The predicted molar refractivity (Wildman–Crippen MR) is 28.5 cm³/mol. The highest BCUT2D eigenvalue weighted by Gasteiger charge is 1.73. The summed E-state index contributed by atoms with van der Waals surface area (Å²) in [5.41, 5.74) is 0. The first-order chi connectivity index (χ1) is 2.91. The van der Waals surface area contributed by atoms with Gasteiger partial charge in [-0.05, 0) is 6.42 Å². The van der Waals surface area contributed by atoms with E-state index >= 15 is 0 Å². The first kappa shape index (κ1) is 6.27. The van der Waals surface area contributed by atoms with Crippen LogP contribution in [0.2, 0.25) is 0 Å². The van der Waals surface area contributed by atoms with Crippen LogP contribution in [0.4, 0.5) is 0 Å². The minimum absolute atomic E-state index is 0.676. The zero-order chi connectivity index (χ0) is 4.83. The minimum Gasteiger partial charge on any atom is -0.317 e. The Labute approximate surface area is 42.3 Å². The second-order valence-electron chi connectivity index (χ2n) is 0.986. The molecule has 2 N–H and O–H groups in total. The molecule has 0 fully saturated rings. The summed E-state index contributed by atoms with van der Waals surface area (Å²) in [6.45, 7) is 2.92. The number of rotatable bonds is 3. The third-order valence-electron chi connectivity index (χ3n) is 0.417. The molecule has 0 saturated heterocycles. The lowest BCUT2D eigenvalue weighted by Crippen LogP contribution is -2.01. The van der Waals surface area contributed by atoms with E-state index in [2.05, 4.69) is 4.72 Å². The highest BCUT2D eigenvalue weighted by Crippen LogP contribution is 1.79. The van der Waals surface area contributed by atoms with E-state index in [0.717, 1.165) is 13.0 Å². The third kappa shape index (κ3) is 4.27. The van der Waals surface area contributed by atoms with Gasteiger partial charge in [0.2, 0.25) is 0 Å². The Morgan fingerprint density at radius 2 is 2.50 bits per heavy atom. The van der Waals surface area contributed by atoms with E-state index < -0.39 is 0 Å². The van der Waals surface area contributed by atoms with Crippen molar-refractivity contribution in [2.24, 2.45) is 0 Å². The molecular weight excluding hydrogens is 98.1 g/mol. The molecule has 0 spiro atoms. The standard InChI is InChI=1S/C3H9NOS/c1-2-3-4-6-5/h4-5H,2-3H2,1H3. The average molecular weight is 107 g/mol. The van der Waals surface area contributed by atoms with Crippen molar-refractivity contribution in [3.8, 4) is 0 Å². The molecule has 0 rings (SSSR count). The van der Waals surface area contributed by atoms with Gasteiger partial charge in [-0.15, -0.1) is 0 Å². The van der Waals surface area contributed by atoms with Crippen molar-refractivity contribution in [1.82, 2.24) is 4.72 Å². The van der Waals surface area contributed by atoms with E-state index in [1.807, 2.05) is 6.92 Å². The number of hydrogen-bond acceptors (Lipinski definition) is 3. The van der Waals surface area contributed by atoms with Crippen LogP contribution in [0.1, 0.15) is 13.3 Å². The Morgan fingerprint density at radius 1 is 1.83 bits per heavy atom. The molecule has 0 aromatic heterocycles. The van der Waals surface area contributed by atoms with E-state index in [9.17, 15) is 0 Å². The lowest BCUT2D eigenvalue weighted by atomic mass is 10.5. The largest absolute Gasteiger partial charge is 0.317 e. The van der Waals surface area contributed by atoms with E-state index in [4.69, 9.17) is 4.55 Å². The molecular formula is C3H9NOS. The monoisotopic (exact) mass is 107 g/mol. The zero-order valence-electron chi connectivity index (χ0n) is 3.77. The average Bonchev–Trinajstić information content (AvgIpc) is 1.61. The SMILES string of the molecule is CCCNSO. The molecule has 38 valence electrons. The molecule has 0 radical (unpaired) electrons. The Kier molecular flexibility index (Phi) is 5.51. The topological polar surface area (TPSA) is 32.3 Å². The maximum absolute atomic E-state index is 8.00. The third-order valence-corrected chi connectivity index (χ3v) is 0.750. The molecule has 2 nitrogen and oxygen atoms in total. The second-order valence-corrected chi connectivity index (χ2v) is 1.46. The first-order valence-corrected chi connectivity index (χ1v) is 2.72. The van der Waals surface area contributed by atoms with Crippen LogP contribution in [-0.4, -0.2) is 11.1 Å². The van der Waals surface area contributed by atoms with Crippen molar-refractivity contribution >= 4 is 12.2 Å². The molecule has 0 unspecified atom stereocenters. The second kappa shape index (κ2) is 5.27. The van der Waals surface area contributed by atoms with Gasteiger partial charge in [0.15, 0.2) is 0 Å². The van der Waals surface area contributed by atoms with Crippen molar-refractivity contribution in [3.63, 3.8) is 0 Å². The highest BCUT2D eigenvalue weighted by molar-refractivity contribution is 7.91. The molecule has 3 heteroatoms. The van der Waals surface area contributed by atoms with Crippen LogP contribution in [0.15, 0.2) is 0 Å². The Hall–Kier alpha value is 0.270. The van der Waals surface area contributed by atoms with E-state index in [0.29, 0.717) is 12.2 Å². The maximum Gasteiger partial charge on any atom is 0.0759 e. The van der Waals surface area contributed by atoms with E-state index in [-0.39, 0.29) is 0 Å². The van der Waals surface area contributed by atoms with Gasteiger partial charge in [0.05, 0.1) is 12.2 Å². The fraction of sp³-hybridized carbons (Fsp3) is 1.00. The predicted octanol–water partition coefficient (Wildman–Crippen LogP) is 1.11. The van der Waals surface area contributed by atoms with Gasteiger partial charge < -0.3 is 4.55 Å². The molecule has 0 heterocycles. The fourth-order valence-corrected chi connectivity index (χ4v) is 0.443. The molecule has 0 aliphatic carbocycles. The van der Waals surface area contributed by atoms with Gasteiger partial charge in [-0.1, -0.05) is 6.92 Å². The summed E-state index contributed by atoms with van der Waals surface area (Å²) in [6.07, 6.45) is 1.06.